The molecule has 0 aromatic carbocycles. The molecule has 2 aromatic rings. The van der Waals surface area contributed by atoms with Crippen molar-refractivity contribution in [3.8, 4) is 0 Å². The Hall–Kier alpha value is -2.11. The first-order valence-electron chi connectivity index (χ1n) is 8.79. The van der Waals surface area contributed by atoms with Gasteiger partial charge in [0.15, 0.2) is 5.76 Å². The van der Waals surface area contributed by atoms with Gasteiger partial charge in [-0.25, -0.2) is 0 Å². The highest BCUT2D eigenvalue weighted by Gasteiger charge is 2.53. The molecule has 1 saturated carbocycles. The van der Waals surface area contributed by atoms with Crippen molar-refractivity contribution in [1.29, 1.82) is 0 Å². The molecular formula is C18H24N4O2. The summed E-state index contributed by atoms with van der Waals surface area (Å²) < 4.78 is 7.48. The van der Waals surface area contributed by atoms with Crippen molar-refractivity contribution in [2.75, 3.05) is 13.1 Å². The van der Waals surface area contributed by atoms with E-state index < -0.39 is 0 Å². The molecule has 6 nitrogen and oxygen atoms in total. The third-order valence-corrected chi connectivity index (χ3v) is 5.54. The Labute approximate surface area is 141 Å². The molecule has 1 spiro atoms. The molecule has 2 aliphatic rings. The summed E-state index contributed by atoms with van der Waals surface area (Å²) >= 11 is 0. The van der Waals surface area contributed by atoms with E-state index in [-0.39, 0.29) is 17.2 Å². The third-order valence-electron chi connectivity index (χ3n) is 5.54. The maximum Gasteiger partial charge on any atom is 0.289 e. The number of carbonyl (C=O) groups excluding carboxylic acids is 1. The second-order valence-corrected chi connectivity index (χ2v) is 7.67. The summed E-state index contributed by atoms with van der Waals surface area (Å²) in [5.74, 6) is 2.27. The number of amides is 1. The van der Waals surface area contributed by atoms with Crippen LogP contribution in [0.2, 0.25) is 0 Å². The van der Waals surface area contributed by atoms with E-state index in [1.807, 2.05) is 11.2 Å². The number of likely N-dealkylation sites (tertiary alicyclic amines) is 1. The van der Waals surface area contributed by atoms with Crippen molar-refractivity contribution in [2.24, 2.45) is 11.3 Å². The second kappa shape index (κ2) is 5.76. The van der Waals surface area contributed by atoms with Crippen LogP contribution in [0.5, 0.6) is 0 Å². The van der Waals surface area contributed by atoms with Crippen molar-refractivity contribution >= 4 is 5.91 Å². The van der Waals surface area contributed by atoms with Crippen molar-refractivity contribution < 1.29 is 9.21 Å². The molecule has 2 aromatic heterocycles. The molecule has 6 heteroatoms. The zero-order chi connectivity index (χ0) is 16.7. The molecule has 1 atom stereocenters. The zero-order valence-corrected chi connectivity index (χ0v) is 14.3. The molecule has 0 bridgehead atoms. The van der Waals surface area contributed by atoms with Crippen LogP contribution >= 0.6 is 0 Å². The average molecular weight is 328 g/mol. The van der Waals surface area contributed by atoms with Crippen molar-refractivity contribution in [2.45, 2.75) is 45.6 Å². The van der Waals surface area contributed by atoms with E-state index in [0.717, 1.165) is 31.8 Å². The number of nitrogens with zero attached hydrogens (tertiary/aromatic N) is 4. The monoisotopic (exact) mass is 328 g/mol. The van der Waals surface area contributed by atoms with Crippen molar-refractivity contribution in [3.05, 3.63) is 36.3 Å². The van der Waals surface area contributed by atoms with Gasteiger partial charge in [0.25, 0.3) is 5.91 Å². The highest BCUT2D eigenvalue weighted by molar-refractivity contribution is 5.91. The summed E-state index contributed by atoms with van der Waals surface area (Å²) in [7, 11) is 0. The quantitative estimate of drug-likeness (QED) is 0.865. The summed E-state index contributed by atoms with van der Waals surface area (Å²) in [5.41, 5.74) is 0.171. The van der Waals surface area contributed by atoms with E-state index in [1.165, 1.54) is 6.42 Å². The van der Waals surface area contributed by atoms with Gasteiger partial charge in [-0.1, -0.05) is 20.3 Å². The Kier molecular flexibility index (Phi) is 3.70. The minimum atomic E-state index is -0.0105. The molecule has 1 aliphatic carbocycles. The van der Waals surface area contributed by atoms with Crippen LogP contribution in [-0.4, -0.2) is 38.7 Å². The smallest absolute Gasteiger partial charge is 0.289 e. The average Bonchev–Trinajstić information content (AvgIpc) is 3.23. The first-order chi connectivity index (χ1) is 11.6. The van der Waals surface area contributed by atoms with E-state index in [2.05, 4.69) is 28.6 Å². The van der Waals surface area contributed by atoms with Crippen molar-refractivity contribution in [3.63, 3.8) is 0 Å². The van der Waals surface area contributed by atoms with Gasteiger partial charge in [-0.05, 0) is 36.3 Å². The highest BCUT2D eigenvalue weighted by Crippen LogP contribution is 2.55. The summed E-state index contributed by atoms with van der Waals surface area (Å²) in [6.45, 7) is 6.82. The molecule has 2 fully saturated rings. The molecule has 0 N–H and O–H groups in total. The number of hydrogen-bond acceptors (Lipinski definition) is 4. The van der Waals surface area contributed by atoms with Crippen LogP contribution in [0.3, 0.4) is 0 Å². The molecule has 24 heavy (non-hydrogen) atoms. The topological polar surface area (TPSA) is 64.2 Å². The van der Waals surface area contributed by atoms with Crippen molar-refractivity contribution in [1.82, 2.24) is 19.7 Å². The maximum absolute atomic E-state index is 12.7. The lowest BCUT2D eigenvalue weighted by atomic mass is 9.62. The predicted molar refractivity (Wildman–Crippen MR) is 88.5 cm³/mol. The number of furan rings is 1. The lowest BCUT2D eigenvalue weighted by molar-refractivity contribution is 0.0694. The SMILES string of the molecule is CC(C)Cn1cnnc1C1CN(C(=O)c2ccco2)CC12CCC2. The van der Waals surface area contributed by atoms with Gasteiger partial charge in [-0.15, -0.1) is 10.2 Å². The van der Waals surface area contributed by atoms with E-state index in [4.69, 9.17) is 4.42 Å². The Morgan fingerprint density at radius 3 is 2.92 bits per heavy atom. The van der Waals surface area contributed by atoms with Gasteiger partial charge in [0.2, 0.25) is 0 Å². The maximum atomic E-state index is 12.7. The molecule has 4 rings (SSSR count). The molecule has 1 saturated heterocycles. The van der Waals surface area contributed by atoms with Crippen LogP contribution in [0.15, 0.2) is 29.1 Å². The van der Waals surface area contributed by atoms with E-state index in [1.54, 1.807) is 18.4 Å². The van der Waals surface area contributed by atoms with Gasteiger partial charge in [-0.3, -0.25) is 4.79 Å². The fraction of sp³-hybridized carbons (Fsp3) is 0.611. The van der Waals surface area contributed by atoms with Crippen LogP contribution in [-0.2, 0) is 6.54 Å². The summed E-state index contributed by atoms with van der Waals surface area (Å²) in [4.78, 5) is 14.6. The van der Waals surface area contributed by atoms with Crippen LogP contribution in [0.4, 0.5) is 0 Å². The van der Waals surface area contributed by atoms with Crippen LogP contribution in [0, 0.1) is 11.3 Å². The van der Waals surface area contributed by atoms with Crippen LogP contribution in [0.1, 0.15) is 55.4 Å². The summed E-state index contributed by atoms with van der Waals surface area (Å²) in [6, 6.07) is 3.50. The largest absolute Gasteiger partial charge is 0.459 e. The van der Waals surface area contributed by atoms with Crippen LogP contribution < -0.4 is 0 Å². The van der Waals surface area contributed by atoms with E-state index >= 15 is 0 Å². The highest BCUT2D eigenvalue weighted by atomic mass is 16.3. The summed E-state index contributed by atoms with van der Waals surface area (Å²) in [6.07, 6.45) is 6.94. The Morgan fingerprint density at radius 1 is 1.46 bits per heavy atom. The Bertz CT molecular complexity index is 715. The second-order valence-electron chi connectivity index (χ2n) is 7.67. The molecule has 0 radical (unpaired) electrons. The number of aromatic nitrogens is 3. The normalized spacial score (nSPS) is 22.3. The van der Waals surface area contributed by atoms with E-state index in [9.17, 15) is 4.79 Å². The van der Waals surface area contributed by atoms with E-state index in [0.29, 0.717) is 18.2 Å². The van der Waals surface area contributed by atoms with Gasteiger partial charge in [0.05, 0.1) is 6.26 Å². The fourth-order valence-electron chi connectivity index (χ4n) is 4.24. The van der Waals surface area contributed by atoms with Gasteiger partial charge in [0.1, 0.15) is 12.2 Å². The minimum Gasteiger partial charge on any atom is -0.459 e. The van der Waals surface area contributed by atoms with Gasteiger partial charge < -0.3 is 13.9 Å². The molecule has 1 aliphatic heterocycles. The minimum absolute atomic E-state index is 0.0105. The molecular weight excluding hydrogens is 304 g/mol. The van der Waals surface area contributed by atoms with Crippen LogP contribution in [0.25, 0.3) is 0 Å². The Morgan fingerprint density at radius 2 is 2.29 bits per heavy atom. The number of hydrogen-bond donors (Lipinski definition) is 0. The number of carbonyl (C=O) groups is 1. The lowest BCUT2D eigenvalue weighted by Gasteiger charge is -2.42. The van der Waals surface area contributed by atoms with Gasteiger partial charge >= 0.3 is 0 Å². The standard InChI is InChI=1S/C18H24N4O2/c1-13(2)9-22-12-19-20-16(22)14-10-21(11-18(14)6-4-7-18)17(23)15-5-3-8-24-15/h3,5,8,12-14H,4,6-7,9-11H2,1-2H3. The zero-order valence-electron chi connectivity index (χ0n) is 14.3. The molecule has 3 heterocycles. The van der Waals surface area contributed by atoms with Gasteiger partial charge in [0, 0.05) is 25.6 Å². The lowest BCUT2D eigenvalue weighted by Crippen LogP contribution is -2.38. The fourth-order valence-corrected chi connectivity index (χ4v) is 4.24. The first kappa shape index (κ1) is 15.4. The Balaban J connectivity index is 1.61. The molecule has 128 valence electrons. The first-order valence-corrected chi connectivity index (χ1v) is 8.79. The summed E-state index contributed by atoms with van der Waals surface area (Å²) in [5, 5.41) is 8.59. The number of rotatable bonds is 4. The third kappa shape index (κ3) is 2.44. The van der Waals surface area contributed by atoms with Gasteiger partial charge in [-0.2, -0.15) is 0 Å². The molecule has 1 unspecified atom stereocenters. The molecule has 1 amide bonds. The predicted octanol–water partition coefficient (Wildman–Crippen LogP) is 2.94.